The Labute approximate surface area is 120 Å². The minimum absolute atomic E-state index is 0.0118. The summed E-state index contributed by atoms with van der Waals surface area (Å²) in [6.45, 7) is 3.51. The number of phenolic OH excluding ortho intramolecular Hbond substituents is 2. The average molecular weight is 292 g/mol. The molecule has 0 bridgehead atoms. The van der Waals surface area contributed by atoms with E-state index in [-0.39, 0.29) is 21.9 Å². The Kier molecular flexibility index (Phi) is 3.70. The molecule has 0 fully saturated rings. The number of aliphatic hydroxyl groups is 1. The Morgan fingerprint density at radius 2 is 1.75 bits per heavy atom. The molecule has 0 saturated carbocycles. The molecule has 3 N–H and O–H groups in total. The highest BCUT2D eigenvalue weighted by Gasteiger charge is 2.35. The van der Waals surface area contributed by atoms with Crippen molar-refractivity contribution in [3.05, 3.63) is 65.5 Å². The van der Waals surface area contributed by atoms with Crippen LogP contribution in [0.25, 0.3) is 0 Å². The molecule has 2 aromatic carbocycles. The highest BCUT2D eigenvalue weighted by Crippen LogP contribution is 2.33. The molecule has 1 atom stereocenters. The van der Waals surface area contributed by atoms with Crippen LogP contribution in [0.2, 0.25) is 5.02 Å². The third kappa shape index (κ3) is 2.48. The fourth-order valence-electron chi connectivity index (χ4n) is 1.82. The largest absolute Gasteiger partial charge is 0.504 e. The summed E-state index contributed by atoms with van der Waals surface area (Å²) < 4.78 is 0. The summed E-state index contributed by atoms with van der Waals surface area (Å²) in [6, 6.07) is 9.82. The van der Waals surface area contributed by atoms with Crippen molar-refractivity contribution in [2.24, 2.45) is 0 Å². The number of hydrogen-bond donors (Lipinski definition) is 3. The van der Waals surface area contributed by atoms with Crippen LogP contribution in [0, 0.1) is 6.92 Å². The summed E-state index contributed by atoms with van der Waals surface area (Å²) in [5.41, 5.74) is -1.90. The van der Waals surface area contributed by atoms with E-state index in [1.54, 1.807) is 12.1 Å². The van der Waals surface area contributed by atoms with Gasteiger partial charge < -0.3 is 15.3 Å². The summed E-state index contributed by atoms with van der Waals surface area (Å²) in [5.74, 6) is -1.54. The van der Waals surface area contributed by atoms with Gasteiger partial charge in [0.25, 0.3) is 0 Å². The van der Waals surface area contributed by atoms with Gasteiger partial charge in [-0.1, -0.05) is 29.8 Å². The lowest BCUT2D eigenvalue weighted by molar-refractivity contribution is 0.0506. The van der Waals surface area contributed by atoms with Crippen molar-refractivity contribution in [2.45, 2.75) is 5.60 Å². The molecule has 0 saturated heterocycles. The zero-order valence-corrected chi connectivity index (χ0v) is 11.1. The number of Topliss-reactive ketones (excluding diaryl/α,β-unsaturated/α-hetero) is 1. The average Bonchev–Trinajstić information content (AvgIpc) is 2.41. The smallest absolute Gasteiger partial charge is 0.199 e. The van der Waals surface area contributed by atoms with Gasteiger partial charge in [0.05, 0.1) is 0 Å². The van der Waals surface area contributed by atoms with Gasteiger partial charge in [-0.3, -0.25) is 4.79 Å². The first-order valence-electron chi connectivity index (χ1n) is 5.73. The molecule has 2 rings (SSSR count). The van der Waals surface area contributed by atoms with Crippen LogP contribution in [-0.2, 0) is 5.60 Å². The number of ketones is 1. The van der Waals surface area contributed by atoms with E-state index in [9.17, 15) is 20.1 Å². The molecular formula is C15H12ClO4. The van der Waals surface area contributed by atoms with Gasteiger partial charge in [0.2, 0.25) is 0 Å². The second-order valence-corrected chi connectivity index (χ2v) is 4.78. The summed E-state index contributed by atoms with van der Waals surface area (Å²) in [6.07, 6.45) is 0. The monoisotopic (exact) mass is 291 g/mol. The molecule has 103 valence electrons. The summed E-state index contributed by atoms with van der Waals surface area (Å²) in [7, 11) is 0. The number of hydrogen-bond acceptors (Lipinski definition) is 4. The summed E-state index contributed by atoms with van der Waals surface area (Å²) >= 11 is 5.96. The zero-order chi connectivity index (χ0) is 14.9. The van der Waals surface area contributed by atoms with Crippen molar-refractivity contribution in [2.75, 3.05) is 0 Å². The van der Waals surface area contributed by atoms with Crippen LogP contribution in [0.4, 0.5) is 0 Å². The van der Waals surface area contributed by atoms with E-state index in [1.165, 1.54) is 18.2 Å². The van der Waals surface area contributed by atoms with E-state index in [4.69, 9.17) is 11.6 Å². The fraction of sp³-hybridized carbons (Fsp3) is 0.0667. The van der Waals surface area contributed by atoms with Gasteiger partial charge in [-0.05, 0) is 31.2 Å². The van der Waals surface area contributed by atoms with E-state index in [0.717, 1.165) is 12.1 Å². The Morgan fingerprint density at radius 1 is 1.10 bits per heavy atom. The molecule has 0 aliphatic carbocycles. The van der Waals surface area contributed by atoms with Gasteiger partial charge in [-0.25, -0.2) is 0 Å². The zero-order valence-electron chi connectivity index (χ0n) is 10.4. The van der Waals surface area contributed by atoms with Crippen molar-refractivity contribution in [1.29, 1.82) is 0 Å². The number of carbonyl (C=O) groups is 1. The maximum atomic E-state index is 12.3. The highest BCUT2D eigenvalue weighted by atomic mass is 35.5. The number of carbonyl (C=O) groups excluding carboxylic acids is 1. The van der Waals surface area contributed by atoms with Crippen LogP contribution in [0.3, 0.4) is 0 Å². The van der Waals surface area contributed by atoms with Crippen molar-refractivity contribution >= 4 is 17.4 Å². The van der Waals surface area contributed by atoms with Gasteiger partial charge in [-0.2, -0.15) is 0 Å². The number of halogens is 1. The quantitative estimate of drug-likeness (QED) is 0.600. The molecular weight excluding hydrogens is 280 g/mol. The number of phenols is 2. The van der Waals surface area contributed by atoms with Crippen LogP contribution < -0.4 is 0 Å². The predicted molar refractivity (Wildman–Crippen MR) is 74.8 cm³/mol. The molecule has 0 aromatic heterocycles. The molecule has 0 heterocycles. The molecule has 2 aromatic rings. The lowest BCUT2D eigenvalue weighted by atomic mass is 9.87. The molecule has 4 nitrogen and oxygen atoms in total. The molecule has 0 amide bonds. The second-order valence-electron chi connectivity index (χ2n) is 4.37. The van der Waals surface area contributed by atoms with Gasteiger partial charge in [0.15, 0.2) is 22.9 Å². The van der Waals surface area contributed by atoms with Crippen molar-refractivity contribution < 1.29 is 20.1 Å². The van der Waals surface area contributed by atoms with E-state index in [0.29, 0.717) is 0 Å². The SMILES string of the molecule is [CH2]C(O)(C(=O)c1ccc(O)c(O)c1)c1ccccc1Cl. The van der Waals surface area contributed by atoms with Gasteiger partial charge in [0, 0.05) is 16.1 Å². The summed E-state index contributed by atoms with van der Waals surface area (Å²) in [4.78, 5) is 12.3. The third-order valence-corrected chi connectivity index (χ3v) is 3.26. The summed E-state index contributed by atoms with van der Waals surface area (Å²) in [5, 5.41) is 29.2. The topological polar surface area (TPSA) is 77.8 Å². The van der Waals surface area contributed by atoms with Gasteiger partial charge >= 0.3 is 0 Å². The molecule has 5 heteroatoms. The van der Waals surface area contributed by atoms with Crippen molar-refractivity contribution in [1.82, 2.24) is 0 Å². The molecule has 1 unspecified atom stereocenters. The maximum absolute atomic E-state index is 12.3. The van der Waals surface area contributed by atoms with E-state index < -0.39 is 17.1 Å². The highest BCUT2D eigenvalue weighted by molar-refractivity contribution is 6.32. The van der Waals surface area contributed by atoms with Crippen LogP contribution in [0.1, 0.15) is 15.9 Å². The van der Waals surface area contributed by atoms with E-state index in [2.05, 4.69) is 6.92 Å². The van der Waals surface area contributed by atoms with Crippen LogP contribution in [0.15, 0.2) is 42.5 Å². The molecule has 20 heavy (non-hydrogen) atoms. The second kappa shape index (κ2) is 5.15. The first-order chi connectivity index (χ1) is 9.34. The van der Waals surface area contributed by atoms with Crippen LogP contribution >= 0.6 is 11.6 Å². The van der Waals surface area contributed by atoms with Gasteiger partial charge in [-0.15, -0.1) is 0 Å². The minimum atomic E-state index is -2.08. The lowest BCUT2D eigenvalue weighted by Crippen LogP contribution is -2.33. The molecule has 0 aliphatic heterocycles. The normalized spacial score (nSPS) is 13.8. The van der Waals surface area contributed by atoms with Crippen molar-refractivity contribution in [3.8, 4) is 11.5 Å². The van der Waals surface area contributed by atoms with Crippen molar-refractivity contribution in [3.63, 3.8) is 0 Å². The van der Waals surface area contributed by atoms with Gasteiger partial charge in [0.1, 0.15) is 0 Å². The predicted octanol–water partition coefficient (Wildman–Crippen LogP) is 2.66. The van der Waals surface area contributed by atoms with E-state index in [1.807, 2.05) is 0 Å². The minimum Gasteiger partial charge on any atom is -0.504 e. The lowest BCUT2D eigenvalue weighted by Gasteiger charge is -2.23. The standard InChI is InChI=1S/C15H12ClO4/c1-15(20,10-4-2-3-5-11(10)16)14(19)9-6-7-12(17)13(18)8-9/h2-8,17-18,20H,1H2. The van der Waals surface area contributed by atoms with E-state index >= 15 is 0 Å². The Hall–Kier alpha value is -2.04. The Bertz CT molecular complexity index is 665. The third-order valence-electron chi connectivity index (χ3n) is 2.93. The fourth-order valence-corrected chi connectivity index (χ4v) is 2.11. The Morgan fingerprint density at radius 3 is 2.35 bits per heavy atom. The molecule has 1 radical (unpaired) electrons. The molecule has 0 aliphatic rings. The maximum Gasteiger partial charge on any atom is 0.199 e. The first kappa shape index (κ1) is 14.4. The number of aromatic hydroxyl groups is 2. The van der Waals surface area contributed by atoms with Crippen LogP contribution in [0.5, 0.6) is 11.5 Å². The number of rotatable bonds is 3. The first-order valence-corrected chi connectivity index (χ1v) is 6.11. The van der Waals surface area contributed by atoms with Crippen LogP contribution in [-0.4, -0.2) is 21.1 Å². The molecule has 0 spiro atoms. The number of benzene rings is 2. The Balaban J connectivity index is 2.46.